The van der Waals surface area contributed by atoms with Gasteiger partial charge in [-0.2, -0.15) is 5.10 Å². The summed E-state index contributed by atoms with van der Waals surface area (Å²) in [6.45, 7) is 0. The lowest BCUT2D eigenvalue weighted by atomic mass is 9.97. The van der Waals surface area contributed by atoms with Crippen molar-refractivity contribution in [3.63, 3.8) is 0 Å². The molecule has 3 rings (SSSR count). The number of alkyl halides is 1. The van der Waals surface area contributed by atoms with Gasteiger partial charge in [-0.25, -0.2) is 5.01 Å². The lowest BCUT2D eigenvalue weighted by molar-refractivity contribution is -0.385. The molecule has 1 aliphatic heterocycles. The lowest BCUT2D eigenvalue weighted by Crippen LogP contribution is -2.27. The van der Waals surface area contributed by atoms with Crippen LogP contribution in [0.15, 0.2) is 53.6 Å². The van der Waals surface area contributed by atoms with Crippen LogP contribution in [-0.4, -0.2) is 27.4 Å². The average molecular weight is 392 g/mol. The molecule has 0 aromatic heterocycles. The predicted molar refractivity (Wildman–Crippen MR) is 101 cm³/mol. The number of nitrogens with zero attached hydrogens (tertiary/aromatic N) is 3. The highest BCUT2D eigenvalue weighted by atomic mass is 35.5. The van der Waals surface area contributed by atoms with E-state index in [9.17, 15) is 14.9 Å². The molecule has 0 N–H and O–H groups in total. The standard InChI is InChI=1S/C18H15Cl2N3O3/c19-10-9-18(24)22-17(14-3-1-2-4-16(14)23(25)26)11-15(21-22)12-5-7-13(20)8-6-12/h1-8,17H,9-11H2. The van der Waals surface area contributed by atoms with Crippen molar-refractivity contribution in [3.05, 3.63) is 74.8 Å². The van der Waals surface area contributed by atoms with Gasteiger partial charge in [0.15, 0.2) is 0 Å². The number of halogens is 2. The van der Waals surface area contributed by atoms with E-state index in [1.165, 1.54) is 11.1 Å². The predicted octanol–water partition coefficient (Wildman–Crippen LogP) is 4.55. The van der Waals surface area contributed by atoms with Gasteiger partial charge in [-0.15, -0.1) is 11.6 Å². The Kier molecular flexibility index (Phi) is 5.54. The van der Waals surface area contributed by atoms with E-state index in [2.05, 4.69) is 5.10 Å². The van der Waals surface area contributed by atoms with E-state index in [0.717, 1.165) is 5.56 Å². The van der Waals surface area contributed by atoms with E-state index >= 15 is 0 Å². The molecule has 1 unspecified atom stereocenters. The molecule has 0 saturated carbocycles. The molecule has 0 saturated heterocycles. The summed E-state index contributed by atoms with van der Waals surface area (Å²) in [7, 11) is 0. The van der Waals surface area contributed by atoms with Gasteiger partial charge in [0.2, 0.25) is 5.91 Å². The van der Waals surface area contributed by atoms with Crippen molar-refractivity contribution in [1.29, 1.82) is 0 Å². The van der Waals surface area contributed by atoms with Crippen molar-refractivity contribution in [3.8, 4) is 0 Å². The minimum atomic E-state index is -0.544. The molecule has 6 nitrogen and oxygen atoms in total. The van der Waals surface area contributed by atoms with Crippen LogP contribution in [0.5, 0.6) is 0 Å². The number of carbonyl (C=O) groups is 1. The van der Waals surface area contributed by atoms with Gasteiger partial charge >= 0.3 is 0 Å². The van der Waals surface area contributed by atoms with E-state index in [-0.39, 0.29) is 23.9 Å². The van der Waals surface area contributed by atoms with Gasteiger partial charge in [0.25, 0.3) is 5.69 Å². The summed E-state index contributed by atoms with van der Waals surface area (Å²) in [6, 6.07) is 13.0. The fraction of sp³-hybridized carbons (Fsp3) is 0.222. The summed E-state index contributed by atoms with van der Waals surface area (Å²) in [5, 5.41) is 17.7. The van der Waals surface area contributed by atoms with Crippen LogP contribution in [0.2, 0.25) is 5.02 Å². The third-order valence-corrected chi connectivity index (χ3v) is 4.59. The highest BCUT2D eigenvalue weighted by molar-refractivity contribution is 6.30. The second-order valence-electron chi connectivity index (χ2n) is 5.77. The smallest absolute Gasteiger partial charge is 0.273 e. The largest absolute Gasteiger partial charge is 0.274 e. The highest BCUT2D eigenvalue weighted by Gasteiger charge is 2.36. The van der Waals surface area contributed by atoms with Crippen molar-refractivity contribution in [1.82, 2.24) is 5.01 Å². The first-order valence-corrected chi connectivity index (χ1v) is 8.87. The monoisotopic (exact) mass is 391 g/mol. The molecule has 0 aliphatic carbocycles. The first-order chi connectivity index (χ1) is 12.5. The van der Waals surface area contributed by atoms with Gasteiger partial charge in [-0.1, -0.05) is 35.9 Å². The summed E-state index contributed by atoms with van der Waals surface area (Å²) in [5.74, 6) is -0.114. The molecule has 2 aromatic carbocycles. The lowest BCUT2D eigenvalue weighted by Gasteiger charge is -2.21. The Balaban J connectivity index is 2.01. The van der Waals surface area contributed by atoms with Gasteiger partial charge in [-0.3, -0.25) is 14.9 Å². The summed E-state index contributed by atoms with van der Waals surface area (Å²) in [5.41, 5.74) is 1.91. The number of benzene rings is 2. The molecule has 0 spiro atoms. The zero-order valence-corrected chi connectivity index (χ0v) is 15.2. The molecule has 1 atom stereocenters. The molecule has 1 aliphatic rings. The third kappa shape index (κ3) is 3.71. The molecule has 0 radical (unpaired) electrons. The van der Waals surface area contributed by atoms with E-state index in [1.807, 2.05) is 12.1 Å². The van der Waals surface area contributed by atoms with E-state index in [0.29, 0.717) is 22.7 Å². The molecule has 1 heterocycles. The minimum absolute atomic E-state index is 0.0336. The SMILES string of the molecule is O=C(CCCl)N1N=C(c2ccc(Cl)cc2)CC1c1ccccc1[N+](=O)[O-]. The third-order valence-electron chi connectivity index (χ3n) is 4.14. The van der Waals surface area contributed by atoms with Crippen molar-refractivity contribution in [2.24, 2.45) is 5.10 Å². The maximum atomic E-state index is 12.5. The van der Waals surface area contributed by atoms with Crippen LogP contribution in [0.3, 0.4) is 0 Å². The van der Waals surface area contributed by atoms with Gasteiger partial charge in [-0.05, 0) is 23.8 Å². The van der Waals surface area contributed by atoms with Crippen molar-refractivity contribution in [2.75, 3.05) is 5.88 Å². The molecule has 0 fully saturated rings. The average Bonchev–Trinajstić information content (AvgIpc) is 3.08. The fourth-order valence-electron chi connectivity index (χ4n) is 2.93. The Labute approximate surface area is 160 Å². The summed E-state index contributed by atoms with van der Waals surface area (Å²) in [4.78, 5) is 23.4. The first-order valence-electron chi connectivity index (χ1n) is 7.96. The molecular formula is C18H15Cl2N3O3. The number of nitro benzene ring substituents is 1. The number of hydrogen-bond donors (Lipinski definition) is 0. The van der Waals surface area contributed by atoms with E-state index < -0.39 is 11.0 Å². The first kappa shape index (κ1) is 18.4. The topological polar surface area (TPSA) is 75.8 Å². The van der Waals surface area contributed by atoms with Crippen LogP contribution < -0.4 is 0 Å². The number of hydrazone groups is 1. The quantitative estimate of drug-likeness (QED) is 0.425. The molecule has 8 heteroatoms. The van der Waals surface area contributed by atoms with Gasteiger partial charge in [0, 0.05) is 29.8 Å². The van der Waals surface area contributed by atoms with Crippen LogP contribution >= 0.6 is 23.2 Å². The van der Waals surface area contributed by atoms with Crippen molar-refractivity contribution in [2.45, 2.75) is 18.9 Å². The van der Waals surface area contributed by atoms with Crippen LogP contribution in [0.25, 0.3) is 0 Å². The Morgan fingerprint density at radius 3 is 2.58 bits per heavy atom. The number of nitro groups is 1. The summed E-state index contributed by atoms with van der Waals surface area (Å²) in [6.07, 6.45) is 0.483. The molecule has 2 aromatic rings. The summed E-state index contributed by atoms with van der Waals surface area (Å²) < 4.78 is 0. The van der Waals surface area contributed by atoms with Crippen molar-refractivity contribution >= 4 is 40.5 Å². The maximum Gasteiger partial charge on any atom is 0.274 e. The second-order valence-corrected chi connectivity index (χ2v) is 6.58. The molecule has 26 heavy (non-hydrogen) atoms. The van der Waals surface area contributed by atoms with E-state index in [1.54, 1.807) is 30.3 Å². The zero-order chi connectivity index (χ0) is 18.7. The molecule has 1 amide bonds. The van der Waals surface area contributed by atoms with Crippen LogP contribution in [0.1, 0.15) is 30.0 Å². The summed E-state index contributed by atoms with van der Waals surface area (Å²) >= 11 is 11.6. The van der Waals surface area contributed by atoms with Gasteiger partial charge < -0.3 is 0 Å². The van der Waals surface area contributed by atoms with Gasteiger partial charge in [0.1, 0.15) is 0 Å². The van der Waals surface area contributed by atoms with Crippen LogP contribution in [-0.2, 0) is 4.79 Å². The number of para-hydroxylation sites is 1. The van der Waals surface area contributed by atoms with E-state index in [4.69, 9.17) is 23.2 Å². The zero-order valence-electron chi connectivity index (χ0n) is 13.6. The number of carbonyl (C=O) groups excluding carboxylic acids is 1. The molecular weight excluding hydrogens is 377 g/mol. The Bertz CT molecular complexity index is 868. The highest BCUT2D eigenvalue weighted by Crippen LogP contribution is 2.37. The normalized spacial score (nSPS) is 16.5. The Hall–Kier alpha value is -2.44. The van der Waals surface area contributed by atoms with Crippen LogP contribution in [0.4, 0.5) is 5.69 Å². The molecule has 134 valence electrons. The Morgan fingerprint density at radius 1 is 1.23 bits per heavy atom. The fourth-order valence-corrected chi connectivity index (χ4v) is 3.22. The molecule has 0 bridgehead atoms. The second kappa shape index (κ2) is 7.85. The maximum absolute atomic E-state index is 12.5. The van der Waals surface area contributed by atoms with Crippen LogP contribution in [0, 0.1) is 10.1 Å². The number of hydrogen-bond acceptors (Lipinski definition) is 4. The number of amides is 1. The van der Waals surface area contributed by atoms with Gasteiger partial charge in [0.05, 0.1) is 22.2 Å². The number of rotatable bonds is 5. The van der Waals surface area contributed by atoms with Crippen molar-refractivity contribution < 1.29 is 9.72 Å². The minimum Gasteiger partial charge on any atom is -0.273 e. The Morgan fingerprint density at radius 2 is 1.92 bits per heavy atom.